The Hall–Kier alpha value is -2.00. The molecule has 0 saturated heterocycles. The van der Waals surface area contributed by atoms with E-state index in [1.807, 2.05) is 42.5 Å². The molecule has 0 aliphatic heterocycles. The Morgan fingerprint density at radius 3 is 2.48 bits per heavy atom. The molecule has 0 atom stereocenters. The van der Waals surface area contributed by atoms with Gasteiger partial charge in [-0.2, -0.15) is 0 Å². The molecule has 25 heavy (non-hydrogen) atoms. The predicted molar refractivity (Wildman–Crippen MR) is 103 cm³/mol. The van der Waals surface area contributed by atoms with Gasteiger partial charge in [0.05, 0.1) is 6.54 Å². The molecule has 1 amide bonds. The van der Waals surface area contributed by atoms with Gasteiger partial charge in [-0.05, 0) is 35.1 Å². The van der Waals surface area contributed by atoms with Crippen molar-refractivity contribution in [2.45, 2.75) is 39.0 Å². The van der Waals surface area contributed by atoms with Crippen molar-refractivity contribution in [3.05, 3.63) is 64.7 Å². The highest BCUT2D eigenvalue weighted by Crippen LogP contribution is 2.30. The third-order valence-corrected chi connectivity index (χ3v) is 4.32. The van der Waals surface area contributed by atoms with E-state index in [0.29, 0.717) is 31.0 Å². The lowest BCUT2D eigenvalue weighted by molar-refractivity contribution is -0.121. The second-order valence-electron chi connectivity index (χ2n) is 7.04. The number of ether oxygens (including phenoxy) is 1. The number of nitrogens with one attached hydrogen (secondary N) is 1. The summed E-state index contributed by atoms with van der Waals surface area (Å²) in [5.41, 5.74) is 2.18. The van der Waals surface area contributed by atoms with Crippen LogP contribution in [0.3, 0.4) is 0 Å². The van der Waals surface area contributed by atoms with Gasteiger partial charge < -0.3 is 10.1 Å². The minimum absolute atomic E-state index is 0.00706. The first-order valence-corrected chi connectivity index (χ1v) is 8.98. The largest absolute Gasteiger partial charge is 0.491 e. The molecule has 2 aromatic carbocycles. The van der Waals surface area contributed by atoms with E-state index in [1.54, 1.807) is 0 Å². The van der Waals surface area contributed by atoms with Crippen molar-refractivity contribution in [1.82, 2.24) is 5.32 Å². The zero-order valence-electron chi connectivity index (χ0n) is 15.1. The molecule has 2 aromatic rings. The van der Waals surface area contributed by atoms with Gasteiger partial charge in [0.15, 0.2) is 0 Å². The fraction of sp³-hybridized carbons (Fsp3) is 0.381. The summed E-state index contributed by atoms with van der Waals surface area (Å²) in [4.78, 5) is 12.0. The lowest BCUT2D eigenvalue weighted by atomic mass is 9.86. The van der Waals surface area contributed by atoms with Crippen LogP contribution in [-0.2, 0) is 16.6 Å². The molecule has 0 unspecified atom stereocenters. The smallest absolute Gasteiger partial charge is 0.220 e. The molecule has 0 aliphatic carbocycles. The summed E-state index contributed by atoms with van der Waals surface area (Å²) in [6, 6.07) is 15.6. The number of carbonyl (C=O) groups excluding carboxylic acids is 1. The summed E-state index contributed by atoms with van der Waals surface area (Å²) < 4.78 is 5.86. The Morgan fingerprint density at radius 2 is 1.76 bits per heavy atom. The van der Waals surface area contributed by atoms with Crippen LogP contribution < -0.4 is 10.1 Å². The van der Waals surface area contributed by atoms with Crippen LogP contribution in [-0.4, -0.2) is 19.1 Å². The minimum Gasteiger partial charge on any atom is -0.491 e. The fourth-order valence-electron chi connectivity index (χ4n) is 2.60. The topological polar surface area (TPSA) is 38.3 Å². The van der Waals surface area contributed by atoms with Gasteiger partial charge in [0.2, 0.25) is 5.91 Å². The Balaban J connectivity index is 1.75. The summed E-state index contributed by atoms with van der Waals surface area (Å²) in [5, 5.41) is 3.60. The van der Waals surface area contributed by atoms with E-state index in [2.05, 4.69) is 32.2 Å². The average molecular weight is 360 g/mol. The number of aryl methyl sites for hydroxylation is 1. The monoisotopic (exact) mass is 359 g/mol. The Kier molecular flexibility index (Phi) is 6.89. The van der Waals surface area contributed by atoms with Crippen LogP contribution >= 0.6 is 11.6 Å². The molecule has 134 valence electrons. The molecule has 0 aromatic heterocycles. The minimum atomic E-state index is 0.00706. The Bertz CT molecular complexity index is 707. The van der Waals surface area contributed by atoms with E-state index >= 15 is 0 Å². The van der Waals surface area contributed by atoms with Crippen molar-refractivity contribution in [3.63, 3.8) is 0 Å². The van der Waals surface area contributed by atoms with Crippen molar-refractivity contribution in [3.8, 4) is 5.75 Å². The molecule has 1 N–H and O–H groups in total. The highest BCUT2D eigenvalue weighted by molar-refractivity contribution is 6.31. The van der Waals surface area contributed by atoms with Gasteiger partial charge in [-0.25, -0.2) is 0 Å². The van der Waals surface area contributed by atoms with E-state index in [1.165, 1.54) is 5.56 Å². The van der Waals surface area contributed by atoms with Crippen LogP contribution in [0.4, 0.5) is 0 Å². The summed E-state index contributed by atoms with van der Waals surface area (Å²) >= 11 is 6.10. The number of hydrogen-bond donors (Lipinski definition) is 1. The van der Waals surface area contributed by atoms with Gasteiger partial charge in [-0.3, -0.25) is 4.79 Å². The molecule has 2 rings (SSSR count). The second-order valence-corrected chi connectivity index (χ2v) is 7.44. The summed E-state index contributed by atoms with van der Waals surface area (Å²) in [6.45, 7) is 7.41. The summed E-state index contributed by atoms with van der Waals surface area (Å²) in [6.07, 6.45) is 1.06. The maximum absolute atomic E-state index is 12.0. The molecule has 0 spiro atoms. The normalized spacial score (nSPS) is 11.2. The van der Waals surface area contributed by atoms with Gasteiger partial charge in [0.1, 0.15) is 12.4 Å². The summed E-state index contributed by atoms with van der Waals surface area (Å²) in [5.74, 6) is 0.882. The first-order chi connectivity index (χ1) is 11.9. The molecule has 3 nitrogen and oxygen atoms in total. The number of hydrogen-bond acceptors (Lipinski definition) is 2. The van der Waals surface area contributed by atoms with Crippen LogP contribution in [0.15, 0.2) is 48.5 Å². The Labute approximate surface area is 155 Å². The van der Waals surface area contributed by atoms with Crippen LogP contribution in [0.25, 0.3) is 0 Å². The zero-order valence-corrected chi connectivity index (χ0v) is 15.9. The first-order valence-electron chi connectivity index (χ1n) is 8.60. The van der Waals surface area contributed by atoms with Crippen molar-refractivity contribution in [1.29, 1.82) is 0 Å². The van der Waals surface area contributed by atoms with Crippen LogP contribution in [0, 0.1) is 0 Å². The van der Waals surface area contributed by atoms with Crippen molar-refractivity contribution >= 4 is 17.5 Å². The van der Waals surface area contributed by atoms with E-state index in [4.69, 9.17) is 16.3 Å². The molecular formula is C21H26ClNO2. The fourth-order valence-corrected chi connectivity index (χ4v) is 2.83. The molecule has 0 fully saturated rings. The predicted octanol–water partition coefficient (Wildman–Crippen LogP) is 4.77. The van der Waals surface area contributed by atoms with Crippen LogP contribution in [0.2, 0.25) is 5.02 Å². The van der Waals surface area contributed by atoms with Gasteiger partial charge >= 0.3 is 0 Å². The van der Waals surface area contributed by atoms with E-state index < -0.39 is 0 Å². The third-order valence-electron chi connectivity index (χ3n) is 3.96. The van der Waals surface area contributed by atoms with E-state index in [-0.39, 0.29) is 11.3 Å². The van der Waals surface area contributed by atoms with Crippen molar-refractivity contribution in [2.24, 2.45) is 0 Å². The van der Waals surface area contributed by atoms with Crippen LogP contribution in [0.1, 0.15) is 38.3 Å². The first kappa shape index (κ1) is 19.3. The van der Waals surface area contributed by atoms with Gasteiger partial charge in [0.25, 0.3) is 0 Å². The molecule has 0 aliphatic rings. The van der Waals surface area contributed by atoms with Gasteiger partial charge in [-0.15, -0.1) is 0 Å². The van der Waals surface area contributed by atoms with Gasteiger partial charge in [0, 0.05) is 11.4 Å². The number of amides is 1. The lowest BCUT2D eigenvalue weighted by Gasteiger charge is -2.22. The number of halogens is 1. The quantitative estimate of drug-likeness (QED) is 0.723. The standard InChI is InChI=1S/C21H26ClNO2/c1-21(2,3)17-9-5-7-11-19(17)25-15-14-23-20(24)13-12-16-8-4-6-10-18(16)22/h4-11H,12-15H2,1-3H3,(H,23,24). The molecule has 0 bridgehead atoms. The third kappa shape index (κ3) is 6.09. The maximum atomic E-state index is 12.0. The molecule has 0 saturated carbocycles. The SMILES string of the molecule is CC(C)(C)c1ccccc1OCCNC(=O)CCc1ccccc1Cl. The molecule has 0 heterocycles. The molecule has 0 radical (unpaired) electrons. The maximum Gasteiger partial charge on any atom is 0.220 e. The number of rotatable bonds is 7. The number of carbonyl (C=O) groups is 1. The summed E-state index contributed by atoms with van der Waals surface area (Å²) in [7, 11) is 0. The van der Waals surface area contributed by atoms with Crippen molar-refractivity contribution in [2.75, 3.05) is 13.2 Å². The number of para-hydroxylation sites is 1. The zero-order chi connectivity index (χ0) is 18.3. The van der Waals surface area contributed by atoms with E-state index in [0.717, 1.165) is 11.3 Å². The second kappa shape index (κ2) is 8.91. The number of benzene rings is 2. The van der Waals surface area contributed by atoms with Crippen LogP contribution in [0.5, 0.6) is 5.75 Å². The Morgan fingerprint density at radius 1 is 1.08 bits per heavy atom. The van der Waals surface area contributed by atoms with Gasteiger partial charge in [-0.1, -0.05) is 68.8 Å². The van der Waals surface area contributed by atoms with Crippen molar-refractivity contribution < 1.29 is 9.53 Å². The molecular weight excluding hydrogens is 334 g/mol. The van der Waals surface area contributed by atoms with E-state index in [9.17, 15) is 4.79 Å². The molecule has 4 heteroatoms. The lowest BCUT2D eigenvalue weighted by Crippen LogP contribution is -2.28. The highest BCUT2D eigenvalue weighted by atomic mass is 35.5. The highest BCUT2D eigenvalue weighted by Gasteiger charge is 2.18. The average Bonchev–Trinajstić information content (AvgIpc) is 2.57.